The Morgan fingerprint density at radius 1 is 0.667 bits per heavy atom. The van der Waals surface area contributed by atoms with E-state index in [1.807, 2.05) is 0 Å². The van der Waals surface area contributed by atoms with Crippen LogP contribution in [0.25, 0.3) is 0 Å². The molecule has 2 aromatic rings. The first-order valence-corrected chi connectivity index (χ1v) is 12.4. The van der Waals surface area contributed by atoms with Gasteiger partial charge in [-0.25, -0.2) is 0 Å². The van der Waals surface area contributed by atoms with Gasteiger partial charge in [0.25, 0.3) is 0 Å². The van der Waals surface area contributed by atoms with Gasteiger partial charge in [-0.2, -0.15) is 0 Å². The summed E-state index contributed by atoms with van der Waals surface area (Å²) in [7, 11) is 0. The van der Waals surface area contributed by atoms with E-state index in [0.717, 1.165) is 0 Å². The van der Waals surface area contributed by atoms with Gasteiger partial charge in [-0.1, -0.05) is 0 Å². The molecule has 0 nitrogen and oxygen atoms in total. The molecule has 3 heteroatoms. The fourth-order valence-electron chi connectivity index (χ4n) is 1.49. The van der Waals surface area contributed by atoms with Crippen molar-refractivity contribution in [2.45, 2.75) is 0 Å². The first kappa shape index (κ1) is 12.3. The van der Waals surface area contributed by atoms with Crippen LogP contribution in [-0.4, -0.2) is 0 Å². The first-order valence-electron chi connectivity index (χ1n) is 4.74. The van der Waals surface area contributed by atoms with Crippen LogP contribution in [-0.2, 0) is 24.6 Å². The normalized spacial score (nSPS) is 9.73. The Hall–Kier alpha value is 0.835. The summed E-state index contributed by atoms with van der Waals surface area (Å²) >= 11 is 3.80. The fraction of sp³-hybridized carbons (Fsp3) is 0. The predicted octanol–water partition coefficient (Wildman–Crippen LogP) is 2.93. The quantitative estimate of drug-likeness (QED) is 0.365. The van der Waals surface area contributed by atoms with Gasteiger partial charge in [-0.15, -0.1) is 0 Å². The molecule has 0 aliphatic rings. The summed E-state index contributed by atoms with van der Waals surface area (Å²) in [5.74, 6) is 0. The van der Waals surface area contributed by atoms with E-state index in [1.54, 1.807) is 6.14 Å². The second-order valence-corrected chi connectivity index (χ2v) is 13.0. The molecule has 0 saturated carbocycles. The summed E-state index contributed by atoms with van der Waals surface area (Å²) in [5.41, 5.74) is 0. The second kappa shape index (κ2) is 5.96. The van der Waals surface area contributed by atoms with Gasteiger partial charge >= 0.3 is 132 Å². The predicted molar refractivity (Wildman–Crippen MR) is 77.6 cm³/mol. The Bertz CT molecular complexity index is 425. The molecule has 0 N–H and O–H groups in total. The third-order valence-electron chi connectivity index (χ3n) is 2.30. The van der Waals surface area contributed by atoms with Crippen LogP contribution in [0.4, 0.5) is 0 Å². The van der Waals surface area contributed by atoms with Crippen LogP contribution >= 0.6 is 45.2 Å². The van der Waals surface area contributed by atoms with Crippen LogP contribution in [0.1, 0.15) is 0 Å². The Labute approximate surface area is 130 Å². The van der Waals surface area contributed by atoms with Gasteiger partial charge in [0.15, 0.2) is 0 Å². The van der Waals surface area contributed by atoms with Crippen molar-refractivity contribution < 1.29 is 24.6 Å². The van der Waals surface area contributed by atoms with Gasteiger partial charge in [0, 0.05) is 0 Å². The van der Waals surface area contributed by atoms with Crippen LogP contribution < -0.4 is 6.14 Å². The van der Waals surface area contributed by atoms with E-state index in [4.69, 9.17) is 0 Å². The van der Waals surface area contributed by atoms with Crippen molar-refractivity contribution in [2.24, 2.45) is 0 Å². The van der Waals surface area contributed by atoms with E-state index in [-0.39, 0.29) is 0 Å². The zero-order chi connectivity index (χ0) is 10.7. The van der Waals surface area contributed by atoms with Crippen molar-refractivity contribution in [3.63, 3.8) is 0 Å². The Morgan fingerprint density at radius 3 is 1.47 bits per heavy atom. The average molecular weight is 607 g/mol. The van der Waals surface area contributed by atoms with Crippen molar-refractivity contribution in [1.82, 2.24) is 0 Å². The maximum absolute atomic E-state index is 2.45. The molecule has 0 amide bonds. The third-order valence-corrected chi connectivity index (χ3v) is 17.8. The molecular weight excluding hydrogens is 599 g/mol. The molecule has 2 aromatic carbocycles. The molecule has 0 fully saturated rings. The second-order valence-electron chi connectivity index (χ2n) is 3.36. The molecule has 2 rings (SSSR count). The minimum atomic E-state index is -1.11. The minimum absolute atomic E-state index is 1.11. The van der Waals surface area contributed by atoms with E-state index in [2.05, 4.69) is 93.7 Å². The molecule has 15 heavy (non-hydrogen) atoms. The number of halogens is 2. The molecule has 0 spiro atoms. The fourth-order valence-corrected chi connectivity index (χ4v) is 11.4. The van der Waals surface area contributed by atoms with Crippen molar-refractivity contribution in [3.8, 4) is 0 Å². The topological polar surface area (TPSA) is 0 Å². The summed E-state index contributed by atoms with van der Waals surface area (Å²) in [6, 6.07) is 17.6. The summed E-state index contributed by atoms with van der Waals surface area (Å²) in [6.07, 6.45) is 0. The standard InChI is InChI=1S/2C6H4I.Hg/c2*7-6-4-2-1-3-5-6;/h2*1-4H;. The number of hydrogen-bond acceptors (Lipinski definition) is 0. The molecule has 0 saturated heterocycles. The van der Waals surface area contributed by atoms with E-state index >= 15 is 0 Å². The van der Waals surface area contributed by atoms with Crippen molar-refractivity contribution in [3.05, 3.63) is 55.7 Å². The van der Waals surface area contributed by atoms with Crippen LogP contribution in [0.15, 0.2) is 48.5 Å². The van der Waals surface area contributed by atoms with Crippen LogP contribution in [0.5, 0.6) is 0 Å². The van der Waals surface area contributed by atoms with Gasteiger partial charge in [-0.3, -0.25) is 0 Å². The molecule has 0 atom stereocenters. The first-order chi connectivity index (χ1) is 7.27. The number of hydrogen-bond donors (Lipinski definition) is 0. The number of benzene rings is 2. The number of rotatable bonds is 2. The maximum atomic E-state index is 2.45. The van der Waals surface area contributed by atoms with E-state index < -0.39 is 24.6 Å². The average Bonchev–Trinajstić information content (AvgIpc) is 2.24. The van der Waals surface area contributed by atoms with Gasteiger partial charge in [0.2, 0.25) is 0 Å². The monoisotopic (exact) mass is 608 g/mol. The van der Waals surface area contributed by atoms with Crippen molar-refractivity contribution in [2.75, 3.05) is 0 Å². The molecule has 0 radical (unpaired) electrons. The summed E-state index contributed by atoms with van der Waals surface area (Å²) in [4.78, 5) is 0. The molecule has 0 aromatic heterocycles. The van der Waals surface area contributed by atoms with Crippen molar-refractivity contribution in [1.29, 1.82) is 0 Å². The van der Waals surface area contributed by atoms with Gasteiger partial charge < -0.3 is 0 Å². The molecule has 0 heterocycles. The van der Waals surface area contributed by atoms with Gasteiger partial charge in [0.05, 0.1) is 0 Å². The van der Waals surface area contributed by atoms with Crippen LogP contribution in [0, 0.1) is 7.14 Å². The Kier molecular flexibility index (Phi) is 4.88. The zero-order valence-corrected chi connectivity index (χ0v) is 17.9. The molecule has 0 aliphatic heterocycles. The summed E-state index contributed by atoms with van der Waals surface area (Å²) < 4.78 is 6.14. The SMILES string of the molecule is Ic1cccc[c]1[Hg][c]1ccccc1I. The molecule has 0 aliphatic carbocycles. The Morgan fingerprint density at radius 2 is 1.07 bits per heavy atom. The van der Waals surface area contributed by atoms with Crippen LogP contribution in [0.2, 0.25) is 0 Å². The molecule has 72 valence electrons. The Balaban J connectivity index is 2.30. The van der Waals surface area contributed by atoms with Gasteiger partial charge in [-0.05, 0) is 0 Å². The van der Waals surface area contributed by atoms with E-state index in [9.17, 15) is 0 Å². The zero-order valence-electron chi connectivity index (χ0n) is 8.08. The third kappa shape index (κ3) is 3.39. The van der Waals surface area contributed by atoms with Crippen molar-refractivity contribution >= 4 is 51.3 Å². The van der Waals surface area contributed by atoms with Crippen LogP contribution in [0.3, 0.4) is 0 Å². The molecule has 0 bridgehead atoms. The van der Waals surface area contributed by atoms with Gasteiger partial charge in [0.1, 0.15) is 0 Å². The summed E-state index contributed by atoms with van der Waals surface area (Å²) in [5, 5.41) is 0. The molecule has 0 unspecified atom stereocenters. The summed E-state index contributed by atoms with van der Waals surface area (Å²) in [6.45, 7) is 0. The van der Waals surface area contributed by atoms with E-state index in [0.29, 0.717) is 0 Å². The molecular formula is C12H8HgI2. The van der Waals surface area contributed by atoms with E-state index in [1.165, 1.54) is 7.14 Å².